The molecular formula is C59H96O30. The lowest BCUT2D eigenvalue weighted by Gasteiger charge is -2.71. The number of aliphatic hydroxyl groups excluding tert-OH is 19. The van der Waals surface area contributed by atoms with Crippen LogP contribution >= 0.6 is 0 Å². The van der Waals surface area contributed by atoms with Crippen LogP contribution in [0.4, 0.5) is 0 Å². The Balaban J connectivity index is 0.890. The molecule has 5 heterocycles. The first-order chi connectivity index (χ1) is 41.6. The van der Waals surface area contributed by atoms with E-state index >= 15 is 4.79 Å². The molecule has 0 aromatic rings. The third-order valence-electron chi connectivity index (χ3n) is 23.3. The molecular weight excluding hydrogens is 1190 g/mol. The van der Waals surface area contributed by atoms with Gasteiger partial charge in [-0.05, 0) is 77.9 Å². The van der Waals surface area contributed by atoms with E-state index in [-0.39, 0.29) is 24.7 Å². The van der Waals surface area contributed by atoms with Crippen molar-refractivity contribution >= 4 is 5.78 Å². The SMILES string of the molecule is CC1(C)CC2C3=CCC4[C@@]5(C)CC[C@H](O[C@@H]6O[C@H](CO[C@@H]7O[C@H](CO)[C@@H](O)[C@H](O)[C@H]7O)[C@@H](O)[C@@H](O)[C@H]6O[C@@H]6O[C@@H](O)[C@H](O)[C@@H](O)[C@H]6O)C(C)(C)C5CC[C@@]4(C)[C@]3(C)CC(=O)[C@@]2(CO[C@@H]2O[C@H](CO[C@H]3O[C@H](CO)[C@@H](O)[C@@H](O)[C@@H]3O)[C@@H](O)[C@@H](O)[C@H]2O)[C@@H](O)[C@@H]1O. The quantitative estimate of drug-likeness (QED) is 0.0535. The predicted octanol–water partition coefficient (Wildman–Crippen LogP) is -6.66. The fourth-order valence-electron chi connectivity index (χ4n) is 17.6. The van der Waals surface area contributed by atoms with Crippen LogP contribution in [0.1, 0.15) is 93.4 Å². The fraction of sp³-hybridized carbons (Fsp3) is 0.949. The summed E-state index contributed by atoms with van der Waals surface area (Å²) in [7, 11) is 0. The van der Waals surface area contributed by atoms with Crippen LogP contribution in [0, 0.1) is 50.2 Å². The van der Waals surface area contributed by atoms with Crippen LogP contribution in [0.3, 0.4) is 0 Å². The maximum absolute atomic E-state index is 15.6. The molecule has 0 spiro atoms. The van der Waals surface area contributed by atoms with Crippen LogP contribution in [0.15, 0.2) is 11.6 Å². The summed E-state index contributed by atoms with van der Waals surface area (Å²) < 4.78 is 59.1. The summed E-state index contributed by atoms with van der Waals surface area (Å²) in [6.45, 7) is 10.8. The van der Waals surface area contributed by atoms with Gasteiger partial charge in [-0.1, -0.05) is 60.1 Å². The van der Waals surface area contributed by atoms with Crippen molar-refractivity contribution in [2.24, 2.45) is 50.2 Å². The van der Waals surface area contributed by atoms with Gasteiger partial charge in [0.05, 0.1) is 56.8 Å². The Hall–Kier alpha value is -1.75. The van der Waals surface area contributed by atoms with Crippen LogP contribution in [-0.4, -0.2) is 308 Å². The molecule has 3 unspecified atom stereocenters. The lowest BCUT2D eigenvalue weighted by molar-refractivity contribution is -0.394. The second kappa shape index (κ2) is 25.7. The molecule has 10 rings (SSSR count). The molecule has 30 heteroatoms. The van der Waals surface area contributed by atoms with E-state index in [1.54, 1.807) is 13.8 Å². The van der Waals surface area contributed by atoms with Gasteiger partial charge < -0.3 is 144 Å². The van der Waals surface area contributed by atoms with Gasteiger partial charge in [0.1, 0.15) is 122 Å². The molecule has 0 amide bonds. The highest BCUT2D eigenvalue weighted by molar-refractivity contribution is 5.90. The van der Waals surface area contributed by atoms with Crippen molar-refractivity contribution in [2.45, 2.75) is 265 Å². The minimum atomic E-state index is -2.05. The van der Waals surface area contributed by atoms with Crippen molar-refractivity contribution in [1.29, 1.82) is 0 Å². The van der Waals surface area contributed by atoms with Gasteiger partial charge >= 0.3 is 0 Å². The maximum Gasteiger partial charge on any atom is 0.189 e. The number of ether oxygens (including phenoxy) is 10. The number of allylic oxidation sites excluding steroid dienone is 2. The van der Waals surface area contributed by atoms with Crippen LogP contribution < -0.4 is 0 Å². The summed E-state index contributed by atoms with van der Waals surface area (Å²) in [4.78, 5) is 15.6. The molecule has 89 heavy (non-hydrogen) atoms. The monoisotopic (exact) mass is 1280 g/mol. The van der Waals surface area contributed by atoms with E-state index in [0.29, 0.717) is 32.1 Å². The number of fused-ring (bicyclic) bond motifs is 7. The lowest BCUT2D eigenvalue weighted by atomic mass is 9.33. The number of carbonyl (C=O) groups excluding carboxylic acids is 1. The van der Waals surface area contributed by atoms with Gasteiger partial charge in [0.25, 0.3) is 0 Å². The minimum Gasteiger partial charge on any atom is -0.394 e. The summed E-state index contributed by atoms with van der Waals surface area (Å²) in [5, 5.41) is 205. The number of aliphatic hydroxyl groups is 19. The van der Waals surface area contributed by atoms with E-state index in [1.807, 2.05) is 13.8 Å². The summed E-state index contributed by atoms with van der Waals surface area (Å²) >= 11 is 0. The lowest BCUT2D eigenvalue weighted by Crippen LogP contribution is -2.71. The van der Waals surface area contributed by atoms with Gasteiger partial charge in [-0.2, -0.15) is 0 Å². The van der Waals surface area contributed by atoms with Crippen molar-refractivity contribution in [3.05, 3.63) is 11.6 Å². The molecule has 0 bridgehead atoms. The van der Waals surface area contributed by atoms with Crippen molar-refractivity contribution < 1.29 is 149 Å². The second-order valence-electron chi connectivity index (χ2n) is 28.9. The molecule has 10 aliphatic rings. The van der Waals surface area contributed by atoms with Crippen LogP contribution in [0.25, 0.3) is 0 Å². The molecule has 512 valence electrons. The second-order valence-corrected chi connectivity index (χ2v) is 28.9. The van der Waals surface area contributed by atoms with E-state index in [2.05, 4.69) is 26.8 Å². The van der Waals surface area contributed by atoms with E-state index in [9.17, 15) is 97.0 Å². The van der Waals surface area contributed by atoms with Crippen LogP contribution in [-0.2, 0) is 52.2 Å². The molecule has 0 aromatic heterocycles. The third-order valence-corrected chi connectivity index (χ3v) is 23.3. The molecule has 19 N–H and O–H groups in total. The van der Waals surface area contributed by atoms with Crippen molar-refractivity contribution in [1.82, 2.24) is 0 Å². The number of rotatable bonds is 15. The first-order valence-corrected chi connectivity index (χ1v) is 31.0. The van der Waals surface area contributed by atoms with E-state index < -0.39 is 249 Å². The number of ketones is 1. The third kappa shape index (κ3) is 11.5. The Morgan fingerprint density at radius 2 is 0.978 bits per heavy atom. The predicted molar refractivity (Wildman–Crippen MR) is 294 cm³/mol. The van der Waals surface area contributed by atoms with Crippen molar-refractivity contribution in [2.75, 3.05) is 33.0 Å². The smallest absolute Gasteiger partial charge is 0.189 e. The van der Waals surface area contributed by atoms with E-state index in [0.717, 1.165) is 5.57 Å². The first kappa shape index (κ1) is 70.1. The van der Waals surface area contributed by atoms with Gasteiger partial charge in [0.2, 0.25) is 0 Å². The van der Waals surface area contributed by atoms with Crippen LogP contribution in [0.2, 0.25) is 0 Å². The molecule has 30 nitrogen and oxygen atoms in total. The number of hydrogen-bond donors (Lipinski definition) is 19. The molecule has 0 aromatic carbocycles. The van der Waals surface area contributed by atoms with Crippen LogP contribution in [0.5, 0.6) is 0 Å². The largest absolute Gasteiger partial charge is 0.394 e. The molecule has 4 saturated carbocycles. The van der Waals surface area contributed by atoms with Gasteiger partial charge in [-0.3, -0.25) is 4.79 Å². The Labute approximate surface area is 514 Å². The van der Waals surface area contributed by atoms with Gasteiger partial charge in [-0.25, -0.2) is 0 Å². The van der Waals surface area contributed by atoms with Crippen molar-refractivity contribution in [3.8, 4) is 0 Å². The Morgan fingerprint density at radius 3 is 1.53 bits per heavy atom. The standard InChI is InChI=1S/C59H96O30/c1-54(2)14-22-21-8-9-28-56(5)12-11-30(87-53-45(88-52-44(76)38(70)40(72)48(79)89-52)39(71)34(66)26(86-53)19-81-50-42(74)36(68)32(64)24(17-61)84-50)55(3,4)27(56)10-13-57(28,6)58(21,7)15-29(62)59(22,47(78)46(54)77)20-82-51-43(75)37(69)33(65)25(85-51)18-80-49-41(73)35(67)31(63)23(16-60)83-49/h8,22-28,30-53,60-61,63-79H,9-20H2,1-7H3/t22?,23-,24-,25-,26-,27?,28?,30+,31-,32-,33-,34-,35-,36+,37-,38-,39-,40-,41+,42-,43-,44-,45-,46+,47+,48-,49+,50-,51-,52-,53+,56+,57-,58-,59+/m1/s1. The number of carbonyl (C=O) groups is 1. The van der Waals surface area contributed by atoms with E-state index in [4.69, 9.17) is 47.4 Å². The minimum absolute atomic E-state index is 0.0757. The number of Topliss-reactive ketones (excluding diaryl/α,β-unsaturated/α-hetero) is 1. The molecule has 9 fully saturated rings. The highest BCUT2D eigenvalue weighted by Gasteiger charge is 2.73. The zero-order chi connectivity index (χ0) is 65.3. The van der Waals surface area contributed by atoms with Crippen molar-refractivity contribution in [3.63, 3.8) is 0 Å². The average Bonchev–Trinajstić information content (AvgIpc) is 0.671. The molecule has 35 atom stereocenters. The molecule has 5 aliphatic carbocycles. The van der Waals surface area contributed by atoms with Gasteiger partial charge in [0.15, 0.2) is 37.7 Å². The fourth-order valence-corrected chi connectivity index (χ4v) is 17.6. The van der Waals surface area contributed by atoms with Gasteiger partial charge in [0, 0.05) is 11.8 Å². The van der Waals surface area contributed by atoms with Gasteiger partial charge in [-0.15, -0.1) is 0 Å². The summed E-state index contributed by atoms with van der Waals surface area (Å²) in [5.41, 5.74) is -4.50. The normalized spacial score (nSPS) is 54.9. The zero-order valence-corrected chi connectivity index (χ0v) is 50.9. The zero-order valence-electron chi connectivity index (χ0n) is 50.9. The molecule has 5 saturated heterocycles. The maximum atomic E-state index is 15.6. The highest BCUT2D eigenvalue weighted by Crippen LogP contribution is 2.75. The Morgan fingerprint density at radius 1 is 0.494 bits per heavy atom. The first-order valence-electron chi connectivity index (χ1n) is 31.0. The van der Waals surface area contributed by atoms with E-state index in [1.165, 1.54) is 0 Å². The number of hydrogen-bond acceptors (Lipinski definition) is 30. The summed E-state index contributed by atoms with van der Waals surface area (Å²) in [6, 6.07) is 0. The average molecular weight is 1290 g/mol. The Bertz CT molecular complexity index is 2490. The summed E-state index contributed by atoms with van der Waals surface area (Å²) in [5.74, 6) is -1.34. The molecule has 5 aliphatic heterocycles. The Kier molecular flexibility index (Phi) is 20.2. The highest BCUT2D eigenvalue weighted by atomic mass is 16.8. The topological polar surface area (TPSA) is 494 Å². The molecule has 0 radical (unpaired) electrons. The summed E-state index contributed by atoms with van der Waals surface area (Å²) in [6.07, 6.45) is -42.9.